The van der Waals surface area contributed by atoms with Crippen molar-refractivity contribution >= 4 is 57.7 Å². The van der Waals surface area contributed by atoms with Gasteiger partial charge >= 0.3 is 0 Å². The van der Waals surface area contributed by atoms with Gasteiger partial charge < -0.3 is 10.6 Å². The second-order valence-electron chi connectivity index (χ2n) is 5.45. The van der Waals surface area contributed by atoms with E-state index in [4.69, 9.17) is 35.4 Å². The summed E-state index contributed by atoms with van der Waals surface area (Å²) in [6.45, 7) is 0. The molecule has 0 heterocycles. The fourth-order valence-electron chi connectivity index (χ4n) is 2.39. The molecule has 0 aromatic heterocycles. The molecule has 6 heteroatoms. The second kappa shape index (κ2) is 8.32. The molecule has 0 bridgehead atoms. The maximum Gasteiger partial charge on any atom is 0.195 e. The van der Waals surface area contributed by atoms with Crippen LogP contribution in [0.15, 0.2) is 72.8 Å². The van der Waals surface area contributed by atoms with Crippen molar-refractivity contribution in [2.24, 2.45) is 0 Å². The van der Waals surface area contributed by atoms with Crippen LogP contribution in [0.2, 0.25) is 10.0 Å². The van der Waals surface area contributed by atoms with Crippen LogP contribution in [0.4, 0.5) is 11.4 Å². The molecule has 0 aliphatic rings. The SMILES string of the molecule is O=C(c1ccccc1)c1ccccc1NC(=S)Nc1ccc(Cl)c(Cl)c1. The van der Waals surface area contributed by atoms with Gasteiger partial charge in [0.2, 0.25) is 0 Å². The van der Waals surface area contributed by atoms with Crippen molar-refractivity contribution in [3.05, 3.63) is 94.0 Å². The number of hydrogen-bond donors (Lipinski definition) is 2. The van der Waals surface area contributed by atoms with Gasteiger partial charge in [-0.15, -0.1) is 0 Å². The summed E-state index contributed by atoms with van der Waals surface area (Å²) in [6.07, 6.45) is 0. The van der Waals surface area contributed by atoms with Gasteiger partial charge in [-0.1, -0.05) is 65.7 Å². The van der Waals surface area contributed by atoms with Crippen molar-refractivity contribution in [1.29, 1.82) is 0 Å². The predicted octanol–water partition coefficient (Wildman–Crippen LogP) is 6.03. The smallest absolute Gasteiger partial charge is 0.195 e. The van der Waals surface area contributed by atoms with Crippen molar-refractivity contribution in [2.75, 3.05) is 10.6 Å². The first kappa shape index (κ1) is 18.4. The van der Waals surface area contributed by atoms with Crippen LogP contribution in [0.5, 0.6) is 0 Å². The standard InChI is InChI=1S/C20H14Cl2N2OS/c21-16-11-10-14(12-17(16)22)23-20(26)24-18-9-5-4-8-15(18)19(25)13-6-2-1-3-7-13/h1-12H,(H2,23,24,26). The molecule has 3 aromatic carbocycles. The highest BCUT2D eigenvalue weighted by Gasteiger charge is 2.14. The summed E-state index contributed by atoms with van der Waals surface area (Å²) >= 11 is 17.3. The molecule has 0 unspecified atom stereocenters. The van der Waals surface area contributed by atoms with Crippen molar-refractivity contribution in [2.45, 2.75) is 0 Å². The molecule has 0 fully saturated rings. The quantitative estimate of drug-likeness (QED) is 0.414. The summed E-state index contributed by atoms with van der Waals surface area (Å²) in [7, 11) is 0. The first-order valence-electron chi connectivity index (χ1n) is 7.76. The van der Waals surface area contributed by atoms with E-state index in [2.05, 4.69) is 10.6 Å². The van der Waals surface area contributed by atoms with Gasteiger partial charge in [-0.3, -0.25) is 4.79 Å². The number of anilines is 2. The Hall–Kier alpha value is -2.40. The minimum absolute atomic E-state index is 0.0777. The molecule has 130 valence electrons. The Balaban J connectivity index is 1.78. The van der Waals surface area contributed by atoms with Gasteiger partial charge in [-0.05, 0) is 42.5 Å². The largest absolute Gasteiger partial charge is 0.332 e. The molecule has 0 atom stereocenters. The summed E-state index contributed by atoms with van der Waals surface area (Å²) in [5, 5.41) is 7.34. The van der Waals surface area contributed by atoms with E-state index in [-0.39, 0.29) is 5.78 Å². The van der Waals surface area contributed by atoms with E-state index >= 15 is 0 Å². The van der Waals surface area contributed by atoms with Gasteiger partial charge in [0.25, 0.3) is 0 Å². The number of carbonyl (C=O) groups is 1. The summed E-state index contributed by atoms with van der Waals surface area (Å²) in [5.41, 5.74) is 2.48. The Morgan fingerprint density at radius 2 is 1.50 bits per heavy atom. The lowest BCUT2D eigenvalue weighted by Crippen LogP contribution is -2.20. The molecule has 0 saturated carbocycles. The van der Waals surface area contributed by atoms with Crippen LogP contribution in [0.3, 0.4) is 0 Å². The molecule has 3 rings (SSSR count). The third kappa shape index (κ3) is 4.41. The predicted molar refractivity (Wildman–Crippen MR) is 113 cm³/mol. The molecule has 0 saturated heterocycles. The Kier molecular flexibility index (Phi) is 5.89. The first-order valence-corrected chi connectivity index (χ1v) is 8.93. The third-order valence-electron chi connectivity index (χ3n) is 3.63. The minimum atomic E-state index is -0.0777. The number of carbonyl (C=O) groups excluding carboxylic acids is 1. The summed E-state index contributed by atoms with van der Waals surface area (Å²) in [5.74, 6) is -0.0777. The van der Waals surface area contributed by atoms with E-state index in [0.29, 0.717) is 37.7 Å². The number of benzene rings is 3. The maximum absolute atomic E-state index is 12.8. The highest BCUT2D eigenvalue weighted by molar-refractivity contribution is 7.80. The monoisotopic (exact) mass is 400 g/mol. The second-order valence-corrected chi connectivity index (χ2v) is 6.67. The Morgan fingerprint density at radius 1 is 0.808 bits per heavy atom. The van der Waals surface area contributed by atoms with Gasteiger partial charge in [0.1, 0.15) is 0 Å². The van der Waals surface area contributed by atoms with Crippen LogP contribution in [0.1, 0.15) is 15.9 Å². The van der Waals surface area contributed by atoms with Gasteiger partial charge in [-0.2, -0.15) is 0 Å². The molecule has 26 heavy (non-hydrogen) atoms. The summed E-state index contributed by atoms with van der Waals surface area (Å²) < 4.78 is 0. The molecule has 2 N–H and O–H groups in total. The number of hydrogen-bond acceptors (Lipinski definition) is 2. The average molecular weight is 401 g/mol. The Bertz CT molecular complexity index is 961. The van der Waals surface area contributed by atoms with Crippen molar-refractivity contribution in [1.82, 2.24) is 0 Å². The van der Waals surface area contributed by atoms with Gasteiger partial charge in [0.15, 0.2) is 10.9 Å². The zero-order valence-corrected chi connectivity index (χ0v) is 15.8. The van der Waals surface area contributed by atoms with E-state index in [0.717, 1.165) is 0 Å². The van der Waals surface area contributed by atoms with E-state index in [1.807, 2.05) is 30.3 Å². The lowest BCUT2D eigenvalue weighted by molar-refractivity contribution is 0.103. The van der Waals surface area contributed by atoms with Crippen LogP contribution in [-0.2, 0) is 0 Å². The highest BCUT2D eigenvalue weighted by Crippen LogP contribution is 2.25. The zero-order chi connectivity index (χ0) is 18.5. The number of ketones is 1. The number of thiocarbonyl (C=S) groups is 1. The van der Waals surface area contributed by atoms with E-state index in [9.17, 15) is 4.79 Å². The molecular formula is C20H14Cl2N2OS. The van der Waals surface area contributed by atoms with Crippen molar-refractivity contribution in [3.63, 3.8) is 0 Å². The number of halogens is 2. The van der Waals surface area contributed by atoms with Crippen molar-refractivity contribution < 1.29 is 4.79 Å². The summed E-state index contributed by atoms with van der Waals surface area (Å²) in [6, 6.07) is 21.5. The van der Waals surface area contributed by atoms with Crippen LogP contribution in [0, 0.1) is 0 Å². The Labute approximate surface area is 167 Å². The number of para-hydroxylation sites is 1. The Morgan fingerprint density at radius 3 is 2.23 bits per heavy atom. The molecule has 0 aliphatic heterocycles. The lowest BCUT2D eigenvalue weighted by atomic mass is 10.0. The molecule has 0 aliphatic carbocycles. The van der Waals surface area contributed by atoms with Crippen LogP contribution in [0.25, 0.3) is 0 Å². The van der Waals surface area contributed by atoms with Crippen LogP contribution < -0.4 is 10.6 Å². The normalized spacial score (nSPS) is 10.2. The van der Waals surface area contributed by atoms with E-state index in [1.165, 1.54) is 0 Å². The first-order chi connectivity index (χ1) is 12.5. The van der Waals surface area contributed by atoms with E-state index < -0.39 is 0 Å². The maximum atomic E-state index is 12.8. The van der Waals surface area contributed by atoms with Gasteiger partial charge in [0.05, 0.1) is 15.7 Å². The number of rotatable bonds is 4. The molecule has 3 nitrogen and oxygen atoms in total. The van der Waals surface area contributed by atoms with Crippen LogP contribution in [-0.4, -0.2) is 10.9 Å². The van der Waals surface area contributed by atoms with Crippen LogP contribution >= 0.6 is 35.4 Å². The molecular weight excluding hydrogens is 387 g/mol. The lowest BCUT2D eigenvalue weighted by Gasteiger charge is -2.14. The topological polar surface area (TPSA) is 41.1 Å². The average Bonchev–Trinajstić information content (AvgIpc) is 2.65. The molecule has 0 spiro atoms. The number of nitrogens with one attached hydrogen (secondary N) is 2. The molecule has 3 aromatic rings. The highest BCUT2D eigenvalue weighted by atomic mass is 35.5. The molecule has 0 radical (unpaired) electrons. The third-order valence-corrected chi connectivity index (χ3v) is 4.58. The molecule has 0 amide bonds. The fraction of sp³-hybridized carbons (Fsp3) is 0. The fourth-order valence-corrected chi connectivity index (χ4v) is 2.92. The summed E-state index contributed by atoms with van der Waals surface area (Å²) in [4.78, 5) is 12.8. The minimum Gasteiger partial charge on any atom is -0.332 e. The van der Waals surface area contributed by atoms with Gasteiger partial charge in [-0.25, -0.2) is 0 Å². The van der Waals surface area contributed by atoms with E-state index in [1.54, 1.807) is 42.5 Å². The van der Waals surface area contributed by atoms with Gasteiger partial charge in [0, 0.05) is 16.8 Å². The zero-order valence-electron chi connectivity index (χ0n) is 13.5. The van der Waals surface area contributed by atoms with Crippen molar-refractivity contribution in [3.8, 4) is 0 Å².